The largest absolute Gasteiger partial charge is 0.454 e. The number of carbonyl (C=O) groups is 1. The number of hydrogen-bond acceptors (Lipinski definition) is 5. The van der Waals surface area contributed by atoms with E-state index in [-0.39, 0.29) is 18.7 Å². The Kier molecular flexibility index (Phi) is 6.87. The summed E-state index contributed by atoms with van der Waals surface area (Å²) in [6, 6.07) is 16.3. The first kappa shape index (κ1) is 20.7. The van der Waals surface area contributed by atoms with E-state index in [9.17, 15) is 4.79 Å². The number of rotatable bonds is 8. The van der Waals surface area contributed by atoms with E-state index < -0.39 is 0 Å². The molecule has 1 saturated heterocycles. The van der Waals surface area contributed by atoms with Gasteiger partial charge >= 0.3 is 0 Å². The highest BCUT2D eigenvalue weighted by atomic mass is 16.7. The Labute approximate surface area is 178 Å². The SMILES string of the molecule is CC(CN1CCOCC1)N(Cc1ccccc1)C(=O)CCc1ccc2c(c1)OCO2. The lowest BCUT2D eigenvalue weighted by molar-refractivity contribution is -0.134. The highest BCUT2D eigenvalue weighted by Gasteiger charge is 2.23. The van der Waals surface area contributed by atoms with E-state index >= 15 is 0 Å². The van der Waals surface area contributed by atoms with Crippen LogP contribution in [0.15, 0.2) is 48.5 Å². The van der Waals surface area contributed by atoms with Crippen molar-refractivity contribution >= 4 is 5.91 Å². The lowest BCUT2D eigenvalue weighted by Gasteiger charge is -2.35. The van der Waals surface area contributed by atoms with Crippen molar-refractivity contribution in [2.75, 3.05) is 39.6 Å². The molecule has 1 atom stereocenters. The normalized spacial score (nSPS) is 17.0. The zero-order chi connectivity index (χ0) is 20.8. The molecule has 6 heteroatoms. The van der Waals surface area contributed by atoms with Crippen molar-refractivity contribution in [2.45, 2.75) is 32.4 Å². The van der Waals surface area contributed by atoms with Crippen LogP contribution in [0.1, 0.15) is 24.5 Å². The number of ether oxygens (including phenoxy) is 3. The Morgan fingerprint density at radius 1 is 1.03 bits per heavy atom. The van der Waals surface area contributed by atoms with Crippen molar-refractivity contribution in [3.63, 3.8) is 0 Å². The number of amides is 1. The van der Waals surface area contributed by atoms with Crippen LogP contribution in [0.2, 0.25) is 0 Å². The molecule has 2 heterocycles. The Morgan fingerprint density at radius 3 is 2.60 bits per heavy atom. The molecule has 2 aromatic rings. The van der Waals surface area contributed by atoms with Crippen LogP contribution in [-0.2, 0) is 22.5 Å². The molecule has 0 spiro atoms. The van der Waals surface area contributed by atoms with Gasteiger partial charge in [0.2, 0.25) is 12.7 Å². The average Bonchev–Trinajstić information content (AvgIpc) is 3.25. The van der Waals surface area contributed by atoms with E-state index in [1.165, 1.54) is 0 Å². The number of fused-ring (bicyclic) bond motifs is 1. The number of morpholine rings is 1. The Morgan fingerprint density at radius 2 is 1.80 bits per heavy atom. The summed E-state index contributed by atoms with van der Waals surface area (Å²) < 4.78 is 16.3. The second kappa shape index (κ2) is 9.96. The first-order valence-electron chi connectivity index (χ1n) is 10.7. The van der Waals surface area contributed by atoms with Gasteiger partial charge in [-0.25, -0.2) is 0 Å². The number of hydrogen-bond donors (Lipinski definition) is 0. The summed E-state index contributed by atoms with van der Waals surface area (Å²) in [4.78, 5) is 17.7. The van der Waals surface area contributed by atoms with Crippen molar-refractivity contribution < 1.29 is 19.0 Å². The zero-order valence-electron chi connectivity index (χ0n) is 17.6. The highest BCUT2D eigenvalue weighted by molar-refractivity contribution is 5.77. The van der Waals surface area contributed by atoms with E-state index in [4.69, 9.17) is 14.2 Å². The number of benzene rings is 2. The third-order valence-electron chi connectivity index (χ3n) is 5.74. The third-order valence-corrected chi connectivity index (χ3v) is 5.74. The standard InChI is InChI=1S/C24H30N2O4/c1-19(16-25-11-13-28-14-12-25)26(17-21-5-3-2-4-6-21)24(27)10-8-20-7-9-22-23(15-20)30-18-29-22/h2-7,9,15,19H,8,10-14,16-18H2,1H3. The molecule has 0 saturated carbocycles. The molecule has 2 aromatic carbocycles. The van der Waals surface area contributed by atoms with Gasteiger partial charge in [0.05, 0.1) is 13.2 Å². The molecule has 0 N–H and O–H groups in total. The molecule has 4 rings (SSSR count). The first-order valence-corrected chi connectivity index (χ1v) is 10.7. The predicted molar refractivity (Wildman–Crippen MR) is 115 cm³/mol. The molecule has 0 radical (unpaired) electrons. The fourth-order valence-electron chi connectivity index (χ4n) is 4.02. The second-order valence-corrected chi connectivity index (χ2v) is 7.96. The minimum absolute atomic E-state index is 0.132. The van der Waals surface area contributed by atoms with Gasteiger partial charge in [0, 0.05) is 38.6 Å². The molecule has 0 aliphatic carbocycles. The summed E-state index contributed by atoms with van der Waals surface area (Å²) in [5.41, 5.74) is 2.25. The minimum atomic E-state index is 0.132. The number of carbonyl (C=O) groups excluding carboxylic acids is 1. The summed E-state index contributed by atoms with van der Waals surface area (Å²) in [5.74, 6) is 1.72. The maximum atomic E-state index is 13.3. The second-order valence-electron chi connectivity index (χ2n) is 7.96. The van der Waals surface area contributed by atoms with Crippen molar-refractivity contribution in [2.24, 2.45) is 0 Å². The molecule has 6 nitrogen and oxygen atoms in total. The predicted octanol–water partition coefficient (Wildman–Crippen LogP) is 3.10. The van der Waals surface area contributed by atoms with E-state index in [1.54, 1.807) is 0 Å². The van der Waals surface area contributed by atoms with Gasteiger partial charge in [-0.05, 0) is 36.6 Å². The molecule has 0 aromatic heterocycles. The van der Waals surface area contributed by atoms with Crippen LogP contribution in [0.4, 0.5) is 0 Å². The zero-order valence-corrected chi connectivity index (χ0v) is 17.6. The fraction of sp³-hybridized carbons (Fsp3) is 0.458. The number of aryl methyl sites for hydroxylation is 1. The Hall–Kier alpha value is -2.57. The molecule has 0 bridgehead atoms. The van der Waals surface area contributed by atoms with E-state index in [1.807, 2.05) is 41.3 Å². The highest BCUT2D eigenvalue weighted by Crippen LogP contribution is 2.32. The molecular formula is C24H30N2O4. The lowest BCUT2D eigenvalue weighted by atomic mass is 10.1. The van der Waals surface area contributed by atoms with E-state index in [0.717, 1.165) is 55.5 Å². The number of nitrogens with zero attached hydrogens (tertiary/aromatic N) is 2. The minimum Gasteiger partial charge on any atom is -0.454 e. The van der Waals surface area contributed by atoms with Gasteiger partial charge in [0.15, 0.2) is 11.5 Å². The molecule has 160 valence electrons. The maximum Gasteiger partial charge on any atom is 0.231 e. The van der Waals surface area contributed by atoms with Crippen molar-refractivity contribution in [1.29, 1.82) is 0 Å². The molecular weight excluding hydrogens is 380 g/mol. The van der Waals surface area contributed by atoms with Crippen LogP contribution in [-0.4, -0.2) is 61.4 Å². The van der Waals surface area contributed by atoms with Crippen molar-refractivity contribution in [3.05, 3.63) is 59.7 Å². The molecule has 1 fully saturated rings. The van der Waals surface area contributed by atoms with Crippen molar-refractivity contribution in [3.8, 4) is 11.5 Å². The van der Waals surface area contributed by atoms with Crippen molar-refractivity contribution in [1.82, 2.24) is 9.80 Å². The fourth-order valence-corrected chi connectivity index (χ4v) is 4.02. The van der Waals surface area contributed by atoms with Gasteiger partial charge in [-0.15, -0.1) is 0 Å². The monoisotopic (exact) mass is 410 g/mol. The third kappa shape index (κ3) is 5.32. The molecule has 1 amide bonds. The molecule has 1 unspecified atom stereocenters. The van der Waals surface area contributed by atoms with Crippen LogP contribution in [0.5, 0.6) is 11.5 Å². The van der Waals surface area contributed by atoms with Crippen LogP contribution in [0.3, 0.4) is 0 Å². The Balaban J connectivity index is 1.41. The molecule has 30 heavy (non-hydrogen) atoms. The quantitative estimate of drug-likeness (QED) is 0.669. The molecule has 2 aliphatic rings. The topological polar surface area (TPSA) is 51.2 Å². The van der Waals surface area contributed by atoms with Gasteiger partial charge in [-0.1, -0.05) is 36.4 Å². The van der Waals surface area contributed by atoms with Crippen LogP contribution in [0.25, 0.3) is 0 Å². The Bertz CT molecular complexity index is 836. The molecule has 2 aliphatic heterocycles. The van der Waals surface area contributed by atoms with Gasteiger partial charge in [-0.2, -0.15) is 0 Å². The van der Waals surface area contributed by atoms with Gasteiger partial charge in [0.1, 0.15) is 0 Å². The van der Waals surface area contributed by atoms with Crippen LogP contribution < -0.4 is 9.47 Å². The van der Waals surface area contributed by atoms with Gasteiger partial charge < -0.3 is 19.1 Å². The first-order chi connectivity index (χ1) is 14.7. The van der Waals surface area contributed by atoms with Crippen LogP contribution >= 0.6 is 0 Å². The van der Waals surface area contributed by atoms with Gasteiger partial charge in [0.25, 0.3) is 0 Å². The van der Waals surface area contributed by atoms with Gasteiger partial charge in [-0.3, -0.25) is 9.69 Å². The summed E-state index contributed by atoms with van der Waals surface area (Å²) in [5, 5.41) is 0. The average molecular weight is 411 g/mol. The van der Waals surface area contributed by atoms with E-state index in [2.05, 4.69) is 24.0 Å². The lowest BCUT2D eigenvalue weighted by Crippen LogP contribution is -2.48. The summed E-state index contributed by atoms with van der Waals surface area (Å²) in [6.07, 6.45) is 1.16. The van der Waals surface area contributed by atoms with E-state index in [0.29, 0.717) is 19.4 Å². The smallest absolute Gasteiger partial charge is 0.231 e. The summed E-state index contributed by atoms with van der Waals surface area (Å²) in [6.45, 7) is 7.30. The summed E-state index contributed by atoms with van der Waals surface area (Å²) >= 11 is 0. The summed E-state index contributed by atoms with van der Waals surface area (Å²) in [7, 11) is 0. The van der Waals surface area contributed by atoms with Crippen LogP contribution in [0, 0.1) is 0 Å². The maximum absolute atomic E-state index is 13.3.